The lowest BCUT2D eigenvalue weighted by Gasteiger charge is -2.21. The van der Waals surface area contributed by atoms with Crippen molar-refractivity contribution in [1.82, 2.24) is 0 Å². The Morgan fingerprint density at radius 1 is 1.47 bits per heavy atom. The summed E-state index contributed by atoms with van der Waals surface area (Å²) in [5.74, 6) is 0.322. The van der Waals surface area contributed by atoms with Gasteiger partial charge in [0.1, 0.15) is 5.75 Å². The fourth-order valence-corrected chi connectivity index (χ4v) is 2.05. The molecule has 0 bridgehead atoms. The Morgan fingerprint density at radius 2 is 2.29 bits per heavy atom. The van der Waals surface area contributed by atoms with Crippen LogP contribution >= 0.6 is 0 Å². The number of carbonyl (C=O) groups excluding carboxylic acids is 1. The number of carbonyl (C=O) groups is 1. The Morgan fingerprint density at radius 3 is 3.06 bits per heavy atom. The average Bonchev–Trinajstić information content (AvgIpc) is 2.35. The fourth-order valence-electron chi connectivity index (χ4n) is 2.05. The van der Waals surface area contributed by atoms with Gasteiger partial charge in [-0.15, -0.1) is 0 Å². The Balaban J connectivity index is 2.05. The lowest BCUT2D eigenvalue weighted by Crippen LogP contribution is -2.27. The Hall–Kier alpha value is -1.55. The van der Waals surface area contributed by atoms with Crippen LogP contribution in [-0.2, 0) is 22.4 Å². The summed E-state index contributed by atoms with van der Waals surface area (Å²) in [7, 11) is 1.34. The number of fused-ring (bicyclic) bond motifs is 1. The molecule has 17 heavy (non-hydrogen) atoms. The van der Waals surface area contributed by atoms with Crippen LogP contribution in [0.1, 0.15) is 17.5 Å². The third-order valence-electron chi connectivity index (χ3n) is 3.03. The Kier molecular flexibility index (Phi) is 3.64. The van der Waals surface area contributed by atoms with Crippen molar-refractivity contribution < 1.29 is 14.3 Å². The van der Waals surface area contributed by atoms with Crippen LogP contribution in [0.4, 0.5) is 0 Å². The number of ether oxygens (including phenoxy) is 2. The molecule has 0 aromatic heterocycles. The van der Waals surface area contributed by atoms with Crippen molar-refractivity contribution in [2.24, 2.45) is 5.73 Å². The molecule has 0 saturated carbocycles. The van der Waals surface area contributed by atoms with E-state index in [2.05, 4.69) is 4.74 Å². The molecule has 0 saturated heterocycles. The maximum atomic E-state index is 11.0. The molecule has 1 atom stereocenters. The van der Waals surface area contributed by atoms with Gasteiger partial charge in [0.05, 0.1) is 7.11 Å². The highest BCUT2D eigenvalue weighted by molar-refractivity contribution is 5.70. The number of benzene rings is 1. The van der Waals surface area contributed by atoms with E-state index in [0.717, 1.165) is 19.3 Å². The number of hydrogen-bond acceptors (Lipinski definition) is 4. The summed E-state index contributed by atoms with van der Waals surface area (Å²) in [6.45, 7) is -0.0542. The zero-order chi connectivity index (χ0) is 12.3. The highest BCUT2D eigenvalue weighted by atomic mass is 16.6. The van der Waals surface area contributed by atoms with Gasteiger partial charge in [0, 0.05) is 6.04 Å². The first kappa shape index (κ1) is 11.9. The molecular formula is C13H17NO3. The van der Waals surface area contributed by atoms with Gasteiger partial charge in [0.15, 0.2) is 6.61 Å². The second kappa shape index (κ2) is 5.19. The molecule has 92 valence electrons. The van der Waals surface area contributed by atoms with E-state index in [4.69, 9.17) is 10.5 Å². The Labute approximate surface area is 101 Å². The van der Waals surface area contributed by atoms with Crippen LogP contribution in [0, 0.1) is 0 Å². The van der Waals surface area contributed by atoms with Gasteiger partial charge in [-0.1, -0.05) is 6.07 Å². The van der Waals surface area contributed by atoms with Gasteiger partial charge in [0.25, 0.3) is 0 Å². The predicted molar refractivity (Wildman–Crippen MR) is 64.0 cm³/mol. The van der Waals surface area contributed by atoms with E-state index >= 15 is 0 Å². The summed E-state index contributed by atoms with van der Waals surface area (Å²) in [4.78, 5) is 11.0. The van der Waals surface area contributed by atoms with Crippen molar-refractivity contribution in [2.45, 2.75) is 25.3 Å². The molecule has 2 N–H and O–H groups in total. The molecule has 0 heterocycles. The molecule has 1 unspecified atom stereocenters. The van der Waals surface area contributed by atoms with Crippen LogP contribution in [0.2, 0.25) is 0 Å². The topological polar surface area (TPSA) is 61.5 Å². The molecule has 0 amide bonds. The molecule has 0 spiro atoms. The number of aryl methyl sites for hydroxylation is 1. The first-order chi connectivity index (χ1) is 8.19. The third-order valence-corrected chi connectivity index (χ3v) is 3.03. The van der Waals surface area contributed by atoms with Crippen LogP contribution in [0.15, 0.2) is 18.2 Å². The fraction of sp³-hybridized carbons (Fsp3) is 0.462. The normalized spacial score (nSPS) is 18.4. The molecule has 1 aromatic rings. The van der Waals surface area contributed by atoms with Crippen molar-refractivity contribution in [3.63, 3.8) is 0 Å². The van der Waals surface area contributed by atoms with E-state index in [1.807, 2.05) is 18.2 Å². The highest BCUT2D eigenvalue weighted by Gasteiger charge is 2.16. The minimum absolute atomic E-state index is 0.0542. The first-order valence-electron chi connectivity index (χ1n) is 5.76. The zero-order valence-corrected chi connectivity index (χ0v) is 9.94. The monoisotopic (exact) mass is 235 g/mol. The van der Waals surface area contributed by atoms with Crippen LogP contribution in [0.5, 0.6) is 5.75 Å². The third kappa shape index (κ3) is 2.97. The van der Waals surface area contributed by atoms with E-state index in [-0.39, 0.29) is 18.6 Å². The number of rotatable bonds is 3. The van der Waals surface area contributed by atoms with E-state index in [9.17, 15) is 4.79 Å². The summed E-state index contributed by atoms with van der Waals surface area (Å²) in [5, 5.41) is 0. The molecule has 0 radical (unpaired) electrons. The van der Waals surface area contributed by atoms with Crippen LogP contribution in [0.25, 0.3) is 0 Å². The summed E-state index contributed by atoms with van der Waals surface area (Å²) in [5.41, 5.74) is 8.49. The molecule has 0 aliphatic heterocycles. The Bertz CT molecular complexity index is 417. The SMILES string of the molecule is COC(=O)COc1ccc2c(c1)CC(N)CC2. The van der Waals surface area contributed by atoms with Crippen molar-refractivity contribution in [3.05, 3.63) is 29.3 Å². The van der Waals surface area contributed by atoms with E-state index in [0.29, 0.717) is 5.75 Å². The van der Waals surface area contributed by atoms with Crippen LogP contribution < -0.4 is 10.5 Å². The van der Waals surface area contributed by atoms with Crippen molar-refractivity contribution in [1.29, 1.82) is 0 Å². The lowest BCUT2D eigenvalue weighted by atomic mass is 9.89. The molecule has 1 aliphatic carbocycles. The van der Waals surface area contributed by atoms with Crippen molar-refractivity contribution in [2.75, 3.05) is 13.7 Å². The van der Waals surface area contributed by atoms with Crippen LogP contribution in [0.3, 0.4) is 0 Å². The van der Waals surface area contributed by atoms with E-state index in [1.54, 1.807) is 0 Å². The molecule has 1 aliphatic rings. The molecule has 2 rings (SSSR count). The number of hydrogen-bond donors (Lipinski definition) is 1. The van der Waals surface area contributed by atoms with Gasteiger partial charge < -0.3 is 15.2 Å². The second-order valence-corrected chi connectivity index (χ2v) is 4.30. The minimum atomic E-state index is -0.376. The average molecular weight is 235 g/mol. The number of nitrogens with two attached hydrogens (primary N) is 1. The maximum absolute atomic E-state index is 11.0. The number of methoxy groups -OCH3 is 1. The van der Waals surface area contributed by atoms with Gasteiger partial charge in [-0.25, -0.2) is 4.79 Å². The quantitative estimate of drug-likeness (QED) is 0.796. The second-order valence-electron chi connectivity index (χ2n) is 4.30. The minimum Gasteiger partial charge on any atom is -0.482 e. The highest BCUT2D eigenvalue weighted by Crippen LogP contribution is 2.24. The summed E-state index contributed by atoms with van der Waals surface area (Å²) < 4.78 is 9.86. The van der Waals surface area contributed by atoms with E-state index in [1.165, 1.54) is 18.2 Å². The smallest absolute Gasteiger partial charge is 0.343 e. The molecule has 4 nitrogen and oxygen atoms in total. The van der Waals surface area contributed by atoms with Gasteiger partial charge >= 0.3 is 5.97 Å². The zero-order valence-electron chi connectivity index (χ0n) is 9.94. The molecule has 4 heteroatoms. The van der Waals surface area contributed by atoms with Crippen LogP contribution in [-0.4, -0.2) is 25.7 Å². The lowest BCUT2D eigenvalue weighted by molar-refractivity contribution is -0.142. The van der Waals surface area contributed by atoms with Gasteiger partial charge in [-0.3, -0.25) is 0 Å². The summed E-state index contributed by atoms with van der Waals surface area (Å²) in [6, 6.07) is 6.14. The summed E-state index contributed by atoms with van der Waals surface area (Å²) in [6.07, 6.45) is 2.94. The maximum Gasteiger partial charge on any atom is 0.343 e. The van der Waals surface area contributed by atoms with Gasteiger partial charge in [-0.05, 0) is 42.5 Å². The number of esters is 1. The first-order valence-corrected chi connectivity index (χ1v) is 5.76. The summed E-state index contributed by atoms with van der Waals surface area (Å²) >= 11 is 0. The largest absolute Gasteiger partial charge is 0.482 e. The molecule has 0 fully saturated rings. The van der Waals surface area contributed by atoms with E-state index < -0.39 is 0 Å². The standard InChI is InChI=1S/C13H17NO3/c1-16-13(15)8-17-12-5-3-9-2-4-11(14)6-10(9)7-12/h3,5,7,11H,2,4,6,8,14H2,1H3. The van der Waals surface area contributed by atoms with Gasteiger partial charge in [0.2, 0.25) is 0 Å². The predicted octanol–water partition coefficient (Wildman–Crippen LogP) is 1.05. The molecule has 1 aromatic carbocycles. The van der Waals surface area contributed by atoms with Crippen molar-refractivity contribution >= 4 is 5.97 Å². The molecular weight excluding hydrogens is 218 g/mol. The van der Waals surface area contributed by atoms with Gasteiger partial charge in [-0.2, -0.15) is 0 Å². The van der Waals surface area contributed by atoms with Crippen molar-refractivity contribution in [3.8, 4) is 5.75 Å².